The molecule has 0 aromatic heterocycles. The van der Waals surface area contributed by atoms with Crippen molar-refractivity contribution < 1.29 is 14.3 Å². The molecule has 0 spiro atoms. The Morgan fingerprint density at radius 2 is 1.92 bits per heavy atom. The number of fused-ring (bicyclic) bond motifs is 1. The summed E-state index contributed by atoms with van der Waals surface area (Å²) < 4.78 is 5.24. The second kappa shape index (κ2) is 7.97. The molecule has 0 bridgehead atoms. The Hall–Kier alpha value is -2.62. The molecule has 1 heterocycles. The van der Waals surface area contributed by atoms with E-state index < -0.39 is 0 Å². The van der Waals surface area contributed by atoms with Crippen molar-refractivity contribution in [2.75, 3.05) is 13.2 Å². The van der Waals surface area contributed by atoms with Gasteiger partial charge in [-0.25, -0.2) is 4.79 Å². The molecule has 1 aliphatic rings. The van der Waals surface area contributed by atoms with Gasteiger partial charge < -0.3 is 14.4 Å². The second-order valence-corrected chi connectivity index (χ2v) is 6.28. The van der Waals surface area contributed by atoms with Crippen LogP contribution in [0.2, 0.25) is 0 Å². The van der Waals surface area contributed by atoms with E-state index in [2.05, 4.69) is 6.07 Å². The van der Waals surface area contributed by atoms with E-state index >= 15 is 0 Å². The average molecular weight is 337 g/mol. The summed E-state index contributed by atoms with van der Waals surface area (Å²) in [6, 6.07) is 17.7. The molecule has 0 fully saturated rings. The first-order valence-corrected chi connectivity index (χ1v) is 8.75. The predicted molar refractivity (Wildman–Crippen MR) is 96.3 cm³/mol. The number of aldehydes is 1. The topological polar surface area (TPSA) is 46.6 Å². The Kier molecular flexibility index (Phi) is 5.49. The summed E-state index contributed by atoms with van der Waals surface area (Å²) in [4.78, 5) is 26.2. The van der Waals surface area contributed by atoms with Gasteiger partial charge in [0.05, 0.1) is 12.6 Å². The Balaban J connectivity index is 1.96. The van der Waals surface area contributed by atoms with Crippen molar-refractivity contribution in [3.05, 3.63) is 71.3 Å². The van der Waals surface area contributed by atoms with Crippen LogP contribution in [0.5, 0.6) is 0 Å². The van der Waals surface area contributed by atoms with Crippen LogP contribution < -0.4 is 0 Å². The summed E-state index contributed by atoms with van der Waals surface area (Å²) in [7, 11) is 0. The van der Waals surface area contributed by atoms with Crippen molar-refractivity contribution in [2.24, 2.45) is 5.92 Å². The maximum atomic E-state index is 12.5. The number of amides is 1. The number of hydrogen-bond donors (Lipinski definition) is 0. The Labute approximate surface area is 148 Å². The Bertz CT molecular complexity index is 729. The lowest BCUT2D eigenvalue weighted by Crippen LogP contribution is -2.44. The minimum atomic E-state index is -0.345. The van der Waals surface area contributed by atoms with E-state index in [4.69, 9.17) is 4.74 Å². The third kappa shape index (κ3) is 3.73. The van der Waals surface area contributed by atoms with Crippen molar-refractivity contribution in [3.8, 4) is 0 Å². The van der Waals surface area contributed by atoms with Gasteiger partial charge in [-0.1, -0.05) is 54.6 Å². The van der Waals surface area contributed by atoms with E-state index in [1.54, 1.807) is 11.8 Å². The first kappa shape index (κ1) is 17.2. The van der Waals surface area contributed by atoms with Crippen molar-refractivity contribution in [2.45, 2.75) is 25.8 Å². The highest BCUT2D eigenvalue weighted by molar-refractivity contribution is 5.70. The molecule has 0 N–H and O–H groups in total. The summed E-state index contributed by atoms with van der Waals surface area (Å²) >= 11 is 0. The molecule has 2 aromatic rings. The summed E-state index contributed by atoms with van der Waals surface area (Å²) in [5, 5.41) is 0. The lowest BCUT2D eigenvalue weighted by molar-refractivity contribution is -0.113. The van der Waals surface area contributed by atoms with Crippen molar-refractivity contribution in [3.63, 3.8) is 0 Å². The lowest BCUT2D eigenvalue weighted by atomic mass is 9.82. The summed E-state index contributed by atoms with van der Waals surface area (Å²) in [5.74, 6) is -0.312. The number of carbonyl (C=O) groups excluding carboxylic acids is 2. The molecule has 25 heavy (non-hydrogen) atoms. The molecule has 2 unspecified atom stereocenters. The molecule has 0 radical (unpaired) electrons. The van der Waals surface area contributed by atoms with Crippen LogP contribution in [0.25, 0.3) is 0 Å². The summed E-state index contributed by atoms with van der Waals surface area (Å²) in [5.41, 5.74) is 3.34. The first-order valence-electron chi connectivity index (χ1n) is 8.75. The second-order valence-electron chi connectivity index (χ2n) is 6.28. The molecule has 0 aliphatic carbocycles. The van der Waals surface area contributed by atoms with E-state index in [1.807, 2.05) is 48.5 Å². The molecule has 0 saturated carbocycles. The van der Waals surface area contributed by atoms with E-state index in [0.29, 0.717) is 19.6 Å². The van der Waals surface area contributed by atoms with Crippen LogP contribution in [0.1, 0.15) is 29.7 Å². The van der Waals surface area contributed by atoms with Gasteiger partial charge in [0, 0.05) is 12.5 Å². The SMILES string of the molecule is CCOC(=O)N1CCc2ccccc2C1C(C=O)Cc1ccccc1. The number of hydrogen-bond acceptors (Lipinski definition) is 3. The quantitative estimate of drug-likeness (QED) is 0.780. The maximum Gasteiger partial charge on any atom is 0.410 e. The van der Waals surface area contributed by atoms with Gasteiger partial charge in [0.15, 0.2) is 0 Å². The highest BCUT2D eigenvalue weighted by Crippen LogP contribution is 2.36. The van der Waals surface area contributed by atoms with E-state index in [9.17, 15) is 9.59 Å². The van der Waals surface area contributed by atoms with Gasteiger partial charge in [-0.2, -0.15) is 0 Å². The first-order chi connectivity index (χ1) is 12.2. The van der Waals surface area contributed by atoms with Crippen LogP contribution in [0, 0.1) is 5.92 Å². The maximum absolute atomic E-state index is 12.5. The zero-order chi connectivity index (χ0) is 17.6. The molecule has 4 heteroatoms. The van der Waals surface area contributed by atoms with Crippen molar-refractivity contribution in [1.29, 1.82) is 0 Å². The number of benzene rings is 2. The third-order valence-electron chi connectivity index (χ3n) is 4.73. The lowest BCUT2D eigenvalue weighted by Gasteiger charge is -2.39. The van der Waals surface area contributed by atoms with Crippen LogP contribution >= 0.6 is 0 Å². The predicted octanol–water partition coefficient (Wildman–Crippen LogP) is 3.80. The molecule has 1 aliphatic heterocycles. The molecule has 0 saturated heterocycles. The van der Waals surface area contributed by atoms with Gasteiger partial charge in [-0.05, 0) is 36.5 Å². The highest BCUT2D eigenvalue weighted by Gasteiger charge is 2.37. The zero-order valence-corrected chi connectivity index (χ0v) is 14.4. The van der Waals surface area contributed by atoms with E-state index in [1.165, 1.54) is 5.56 Å². The van der Waals surface area contributed by atoms with Gasteiger partial charge in [0.1, 0.15) is 6.29 Å². The largest absolute Gasteiger partial charge is 0.450 e. The van der Waals surface area contributed by atoms with Gasteiger partial charge in [0.2, 0.25) is 0 Å². The van der Waals surface area contributed by atoms with Crippen LogP contribution in [-0.2, 0) is 22.4 Å². The third-order valence-corrected chi connectivity index (χ3v) is 4.73. The van der Waals surface area contributed by atoms with Crippen LogP contribution in [0.15, 0.2) is 54.6 Å². The van der Waals surface area contributed by atoms with Crippen LogP contribution in [-0.4, -0.2) is 30.4 Å². The molecule has 4 nitrogen and oxygen atoms in total. The van der Waals surface area contributed by atoms with Gasteiger partial charge in [0.25, 0.3) is 0 Å². The van der Waals surface area contributed by atoms with Gasteiger partial charge in [-0.15, -0.1) is 0 Å². The smallest absolute Gasteiger partial charge is 0.410 e. The molecule has 2 atom stereocenters. The fraction of sp³-hybridized carbons (Fsp3) is 0.333. The average Bonchev–Trinajstić information content (AvgIpc) is 2.66. The monoisotopic (exact) mass is 337 g/mol. The fourth-order valence-electron chi connectivity index (χ4n) is 3.59. The highest BCUT2D eigenvalue weighted by atomic mass is 16.6. The zero-order valence-electron chi connectivity index (χ0n) is 14.4. The van der Waals surface area contributed by atoms with E-state index in [0.717, 1.165) is 23.8 Å². The molecule has 1 amide bonds. The van der Waals surface area contributed by atoms with Gasteiger partial charge >= 0.3 is 6.09 Å². The number of carbonyl (C=O) groups is 2. The van der Waals surface area contributed by atoms with Crippen LogP contribution in [0.4, 0.5) is 4.79 Å². The normalized spacial score (nSPS) is 17.5. The molecular formula is C21H23NO3. The molecule has 3 rings (SSSR count). The van der Waals surface area contributed by atoms with E-state index in [-0.39, 0.29) is 18.1 Å². The fourth-order valence-corrected chi connectivity index (χ4v) is 3.59. The van der Waals surface area contributed by atoms with Gasteiger partial charge in [-0.3, -0.25) is 0 Å². The minimum absolute atomic E-state index is 0.290. The molecular weight excluding hydrogens is 314 g/mol. The standard InChI is InChI=1S/C21H23NO3/c1-2-25-21(24)22-13-12-17-10-6-7-11-19(17)20(22)18(15-23)14-16-8-4-3-5-9-16/h3-11,15,18,20H,2,12-14H2,1H3. The van der Waals surface area contributed by atoms with Crippen molar-refractivity contribution >= 4 is 12.4 Å². The summed E-state index contributed by atoms with van der Waals surface area (Å²) in [6.07, 6.45) is 2.01. The Morgan fingerprint density at radius 3 is 2.64 bits per heavy atom. The van der Waals surface area contributed by atoms with Crippen molar-refractivity contribution in [1.82, 2.24) is 4.90 Å². The minimum Gasteiger partial charge on any atom is -0.450 e. The number of ether oxygens (including phenoxy) is 1. The summed E-state index contributed by atoms with van der Waals surface area (Å²) in [6.45, 7) is 2.69. The Morgan fingerprint density at radius 1 is 1.20 bits per heavy atom. The molecule has 2 aromatic carbocycles. The number of nitrogens with zero attached hydrogens (tertiary/aromatic N) is 1. The number of rotatable bonds is 5. The van der Waals surface area contributed by atoms with Crippen LogP contribution in [0.3, 0.4) is 0 Å². The molecule has 130 valence electrons.